The van der Waals surface area contributed by atoms with E-state index in [4.69, 9.17) is 0 Å². The topological polar surface area (TPSA) is 16.1 Å². The van der Waals surface area contributed by atoms with Crippen LogP contribution in [0.25, 0.3) is 11.1 Å². The third-order valence-electron chi connectivity index (χ3n) is 4.50. The minimum Gasteiger partial charge on any atom is -0.299 e. The van der Waals surface area contributed by atoms with Crippen LogP contribution >= 0.6 is 0 Å². The molecule has 1 fully saturated rings. The Morgan fingerprint density at radius 3 is 2.35 bits per heavy atom. The Bertz CT molecular complexity index is 632. The van der Waals surface area contributed by atoms with Crippen LogP contribution in [0.5, 0.6) is 0 Å². The van der Waals surface area contributed by atoms with E-state index in [0.717, 1.165) is 13.0 Å². The van der Waals surface area contributed by atoms with Crippen LogP contribution in [0.4, 0.5) is 0 Å². The first-order chi connectivity index (χ1) is 11.0. The molecule has 0 aliphatic carbocycles. The van der Waals surface area contributed by atoms with Gasteiger partial charge in [0.25, 0.3) is 0 Å². The lowest BCUT2D eigenvalue weighted by Gasteiger charge is -2.19. The highest BCUT2D eigenvalue weighted by Gasteiger charge is 2.15. The first-order valence-electron chi connectivity index (χ1n) is 8.76. The summed E-state index contributed by atoms with van der Waals surface area (Å²) >= 11 is 0. The van der Waals surface area contributed by atoms with Crippen molar-refractivity contribution in [2.45, 2.75) is 46.6 Å². The van der Waals surface area contributed by atoms with E-state index in [1.807, 2.05) is 12.4 Å². The van der Waals surface area contributed by atoms with Crippen molar-refractivity contribution in [2.75, 3.05) is 13.1 Å². The van der Waals surface area contributed by atoms with Crippen molar-refractivity contribution in [3.63, 3.8) is 0 Å². The molecule has 0 unspecified atom stereocenters. The summed E-state index contributed by atoms with van der Waals surface area (Å²) < 4.78 is 0. The number of likely N-dealkylation sites (tertiary alicyclic amines) is 1. The van der Waals surface area contributed by atoms with E-state index >= 15 is 0 Å². The van der Waals surface area contributed by atoms with Crippen molar-refractivity contribution in [1.29, 1.82) is 0 Å². The molecule has 2 nitrogen and oxygen atoms in total. The van der Waals surface area contributed by atoms with Gasteiger partial charge in [-0.25, -0.2) is 0 Å². The standard InChI is InChI=1S/C21H28N2/c1-21(2,3)14-17-6-8-18(9-7-17)20-15-22-11-10-19(20)16-23-12-4-5-13-23/h6-11,15H,4-5,12-14,16H2,1-3H3. The Kier molecular flexibility index (Phi) is 4.82. The van der Waals surface area contributed by atoms with Gasteiger partial charge in [-0.1, -0.05) is 45.0 Å². The Balaban J connectivity index is 1.80. The third-order valence-corrected chi connectivity index (χ3v) is 4.50. The number of hydrogen-bond acceptors (Lipinski definition) is 2. The predicted octanol–water partition coefficient (Wildman–Crippen LogP) is 4.93. The molecule has 122 valence electrons. The van der Waals surface area contributed by atoms with Gasteiger partial charge in [0, 0.05) is 24.5 Å². The van der Waals surface area contributed by atoms with Crippen LogP contribution in [0.1, 0.15) is 44.7 Å². The van der Waals surface area contributed by atoms with Crippen molar-refractivity contribution in [3.8, 4) is 11.1 Å². The van der Waals surface area contributed by atoms with Gasteiger partial charge < -0.3 is 0 Å². The Labute approximate surface area is 140 Å². The van der Waals surface area contributed by atoms with Gasteiger partial charge in [-0.15, -0.1) is 0 Å². The molecule has 0 saturated carbocycles. The van der Waals surface area contributed by atoms with Gasteiger partial charge in [-0.3, -0.25) is 9.88 Å². The van der Waals surface area contributed by atoms with Crippen molar-refractivity contribution < 1.29 is 0 Å². The third kappa shape index (κ3) is 4.42. The molecular weight excluding hydrogens is 280 g/mol. The number of aromatic nitrogens is 1. The summed E-state index contributed by atoms with van der Waals surface area (Å²) in [4.78, 5) is 6.91. The maximum absolute atomic E-state index is 4.36. The summed E-state index contributed by atoms with van der Waals surface area (Å²) in [6.45, 7) is 10.4. The molecule has 0 amide bonds. The van der Waals surface area contributed by atoms with Gasteiger partial charge in [0.15, 0.2) is 0 Å². The zero-order valence-electron chi connectivity index (χ0n) is 14.7. The van der Waals surface area contributed by atoms with Crippen LogP contribution in [0, 0.1) is 5.41 Å². The largest absolute Gasteiger partial charge is 0.299 e. The summed E-state index contributed by atoms with van der Waals surface area (Å²) in [6, 6.07) is 11.2. The highest BCUT2D eigenvalue weighted by Crippen LogP contribution is 2.27. The van der Waals surface area contributed by atoms with Crippen molar-refractivity contribution in [3.05, 3.63) is 53.9 Å². The molecule has 2 heteroatoms. The summed E-state index contributed by atoms with van der Waals surface area (Å²) in [5.74, 6) is 0. The van der Waals surface area contributed by atoms with E-state index in [1.54, 1.807) is 0 Å². The summed E-state index contributed by atoms with van der Waals surface area (Å²) in [5, 5.41) is 0. The number of pyridine rings is 1. The Morgan fingerprint density at radius 1 is 1.00 bits per heavy atom. The number of rotatable bonds is 4. The molecule has 0 bridgehead atoms. The zero-order valence-corrected chi connectivity index (χ0v) is 14.7. The fraction of sp³-hybridized carbons (Fsp3) is 0.476. The van der Waals surface area contributed by atoms with Crippen molar-refractivity contribution >= 4 is 0 Å². The number of benzene rings is 1. The fourth-order valence-electron chi connectivity index (χ4n) is 3.42. The minimum absolute atomic E-state index is 0.330. The molecule has 0 N–H and O–H groups in total. The lowest BCUT2D eigenvalue weighted by Crippen LogP contribution is -2.18. The van der Waals surface area contributed by atoms with Crippen LogP contribution in [0.3, 0.4) is 0 Å². The first kappa shape index (κ1) is 16.2. The van der Waals surface area contributed by atoms with Gasteiger partial charge in [0.05, 0.1) is 0 Å². The highest BCUT2D eigenvalue weighted by atomic mass is 15.1. The lowest BCUT2D eigenvalue weighted by atomic mass is 9.87. The molecule has 3 rings (SSSR count). The smallest absolute Gasteiger partial charge is 0.0349 e. The normalized spacial score (nSPS) is 16.0. The lowest BCUT2D eigenvalue weighted by molar-refractivity contribution is 0.332. The monoisotopic (exact) mass is 308 g/mol. The molecule has 1 saturated heterocycles. The average molecular weight is 308 g/mol. The molecular formula is C21H28N2. The summed E-state index contributed by atoms with van der Waals surface area (Å²) in [6.07, 6.45) is 7.72. The van der Waals surface area contributed by atoms with E-state index < -0.39 is 0 Å². The number of hydrogen-bond donors (Lipinski definition) is 0. The van der Waals surface area contributed by atoms with Crippen molar-refractivity contribution in [2.24, 2.45) is 5.41 Å². The fourth-order valence-corrected chi connectivity index (χ4v) is 3.42. The Morgan fingerprint density at radius 2 is 1.70 bits per heavy atom. The molecule has 2 heterocycles. The van der Waals surface area contributed by atoms with E-state index in [1.165, 1.54) is 48.2 Å². The second-order valence-electron chi connectivity index (χ2n) is 7.95. The summed E-state index contributed by atoms with van der Waals surface area (Å²) in [5.41, 5.74) is 5.69. The highest BCUT2D eigenvalue weighted by molar-refractivity contribution is 5.66. The number of nitrogens with zero attached hydrogens (tertiary/aromatic N) is 2. The average Bonchev–Trinajstić information content (AvgIpc) is 3.00. The molecule has 0 spiro atoms. The minimum atomic E-state index is 0.330. The van der Waals surface area contributed by atoms with E-state index in [9.17, 15) is 0 Å². The molecule has 23 heavy (non-hydrogen) atoms. The van der Waals surface area contributed by atoms with Crippen molar-refractivity contribution in [1.82, 2.24) is 9.88 Å². The van der Waals surface area contributed by atoms with E-state index in [2.05, 4.69) is 61.0 Å². The second-order valence-corrected chi connectivity index (χ2v) is 7.95. The van der Waals surface area contributed by atoms with Crippen LogP contribution in [0.15, 0.2) is 42.7 Å². The zero-order chi connectivity index (χ0) is 16.3. The van der Waals surface area contributed by atoms with Crippen LogP contribution in [0.2, 0.25) is 0 Å². The SMILES string of the molecule is CC(C)(C)Cc1ccc(-c2cnccc2CN2CCCC2)cc1. The molecule has 2 aromatic rings. The van der Waals surface area contributed by atoms with Crippen LogP contribution in [-0.4, -0.2) is 23.0 Å². The quantitative estimate of drug-likeness (QED) is 0.796. The molecule has 1 aliphatic rings. The van der Waals surface area contributed by atoms with E-state index in [-0.39, 0.29) is 0 Å². The molecule has 1 aliphatic heterocycles. The van der Waals surface area contributed by atoms with Crippen LogP contribution in [-0.2, 0) is 13.0 Å². The molecule has 1 aromatic heterocycles. The maximum atomic E-state index is 4.36. The molecule has 0 atom stereocenters. The molecule has 0 radical (unpaired) electrons. The molecule has 1 aromatic carbocycles. The van der Waals surface area contributed by atoms with Crippen LogP contribution < -0.4 is 0 Å². The van der Waals surface area contributed by atoms with Gasteiger partial charge in [-0.05, 0) is 60.5 Å². The van der Waals surface area contributed by atoms with E-state index in [0.29, 0.717) is 5.41 Å². The van der Waals surface area contributed by atoms with Gasteiger partial charge in [0.2, 0.25) is 0 Å². The Hall–Kier alpha value is -1.67. The second kappa shape index (κ2) is 6.84. The predicted molar refractivity (Wildman–Crippen MR) is 97.3 cm³/mol. The van der Waals surface area contributed by atoms with Gasteiger partial charge in [0.1, 0.15) is 0 Å². The first-order valence-corrected chi connectivity index (χ1v) is 8.76. The van der Waals surface area contributed by atoms with Gasteiger partial charge in [-0.2, -0.15) is 0 Å². The van der Waals surface area contributed by atoms with Gasteiger partial charge >= 0.3 is 0 Å². The maximum Gasteiger partial charge on any atom is 0.0349 e. The summed E-state index contributed by atoms with van der Waals surface area (Å²) in [7, 11) is 0.